The minimum atomic E-state index is 1.00. The molecule has 36 heavy (non-hydrogen) atoms. The smallest absolute Gasteiger partial charge is 0.0619 e. The summed E-state index contributed by atoms with van der Waals surface area (Å²) in [6.07, 6.45) is 24.2. The number of nitrogens with zero attached hydrogens (tertiary/aromatic N) is 1. The molecular weight excluding hydrogens is 434 g/mol. The molecule has 2 aromatic heterocycles. The normalized spacial score (nSPS) is 13.1. The first-order valence-electron chi connectivity index (χ1n) is 12.2. The molecular formula is C35H35N. The number of aromatic nitrogens is 1. The highest BCUT2D eigenvalue weighted by molar-refractivity contribution is 6.00. The fourth-order valence-corrected chi connectivity index (χ4v) is 4.95. The van der Waals surface area contributed by atoms with Crippen molar-refractivity contribution in [2.75, 3.05) is 0 Å². The van der Waals surface area contributed by atoms with Crippen molar-refractivity contribution in [1.82, 2.24) is 4.40 Å². The molecule has 0 radical (unpaired) electrons. The summed E-state index contributed by atoms with van der Waals surface area (Å²) in [5, 5.41) is 5.37. The van der Waals surface area contributed by atoms with Gasteiger partial charge in [0.15, 0.2) is 0 Å². The van der Waals surface area contributed by atoms with Gasteiger partial charge in [-0.15, -0.1) is 0 Å². The van der Waals surface area contributed by atoms with Crippen LogP contribution >= 0.6 is 0 Å². The summed E-state index contributed by atoms with van der Waals surface area (Å²) in [4.78, 5) is 0. The zero-order valence-corrected chi connectivity index (χ0v) is 21.7. The van der Waals surface area contributed by atoms with Crippen LogP contribution in [0.25, 0.3) is 64.9 Å². The second-order valence-corrected chi connectivity index (χ2v) is 8.19. The van der Waals surface area contributed by atoms with Gasteiger partial charge in [-0.2, -0.15) is 0 Å². The summed E-state index contributed by atoms with van der Waals surface area (Å²) in [5.74, 6) is 0. The van der Waals surface area contributed by atoms with E-state index in [1.165, 1.54) is 0 Å². The SMILES string of the molecule is C=C/C=c1c(=C/C=C)/c2c(C=C)c(/C=C\C)c(C=C)c3ccccc3c(C=C)c(/C=C\C)n2c/1=C/C. The van der Waals surface area contributed by atoms with Gasteiger partial charge in [-0.1, -0.05) is 124 Å². The summed E-state index contributed by atoms with van der Waals surface area (Å²) < 4.78 is 2.31. The minimum absolute atomic E-state index is 1.00. The van der Waals surface area contributed by atoms with Crippen LogP contribution in [0, 0.1) is 0 Å². The van der Waals surface area contributed by atoms with E-state index < -0.39 is 0 Å². The van der Waals surface area contributed by atoms with Crippen molar-refractivity contribution in [3.63, 3.8) is 0 Å². The van der Waals surface area contributed by atoms with E-state index in [1.54, 1.807) is 0 Å². The van der Waals surface area contributed by atoms with Gasteiger partial charge in [0.1, 0.15) is 0 Å². The Bertz CT molecular complexity index is 1680. The fraction of sp³-hybridized carbons (Fsp3) is 0.0857. The Labute approximate surface area is 215 Å². The molecule has 0 atom stereocenters. The van der Waals surface area contributed by atoms with Crippen LogP contribution in [-0.4, -0.2) is 4.40 Å². The Morgan fingerprint density at radius 1 is 0.639 bits per heavy atom. The number of hydrogen-bond donors (Lipinski definition) is 0. The predicted octanol–water partition coefficient (Wildman–Crippen LogP) is 7.66. The molecule has 0 fully saturated rings. The molecule has 0 aliphatic heterocycles. The van der Waals surface area contributed by atoms with Gasteiger partial charge in [-0.05, 0) is 48.7 Å². The predicted molar refractivity (Wildman–Crippen MR) is 166 cm³/mol. The van der Waals surface area contributed by atoms with E-state index in [0.717, 1.165) is 60.0 Å². The maximum absolute atomic E-state index is 4.28. The molecule has 3 aromatic rings. The molecule has 1 aromatic carbocycles. The average molecular weight is 470 g/mol. The summed E-state index contributed by atoms with van der Waals surface area (Å²) in [6.45, 7) is 26.9. The van der Waals surface area contributed by atoms with Crippen molar-refractivity contribution >= 4 is 64.9 Å². The number of benzene rings is 1. The molecule has 0 aliphatic carbocycles. The summed E-state index contributed by atoms with van der Waals surface area (Å²) in [7, 11) is 0. The van der Waals surface area contributed by atoms with Crippen molar-refractivity contribution in [3.05, 3.63) is 125 Å². The number of allylic oxidation sites excluding steroid dienone is 4. The lowest BCUT2D eigenvalue weighted by Crippen LogP contribution is -2.34. The van der Waals surface area contributed by atoms with Crippen LogP contribution < -0.4 is 15.8 Å². The molecule has 0 N–H and O–H groups in total. The average Bonchev–Trinajstić information content (AvgIpc) is 3.19. The van der Waals surface area contributed by atoms with Gasteiger partial charge < -0.3 is 4.40 Å². The van der Waals surface area contributed by atoms with Crippen LogP contribution in [0.1, 0.15) is 48.7 Å². The quantitative estimate of drug-likeness (QED) is 0.334. The van der Waals surface area contributed by atoms with Gasteiger partial charge in [-0.3, -0.25) is 0 Å². The third-order valence-electron chi connectivity index (χ3n) is 6.26. The van der Waals surface area contributed by atoms with E-state index >= 15 is 0 Å². The lowest BCUT2D eigenvalue weighted by Gasteiger charge is -2.07. The van der Waals surface area contributed by atoms with Crippen molar-refractivity contribution in [2.45, 2.75) is 20.8 Å². The molecule has 3 rings (SSSR count). The molecule has 0 bridgehead atoms. The zero-order valence-electron chi connectivity index (χ0n) is 21.7. The van der Waals surface area contributed by atoms with Crippen LogP contribution in [0.2, 0.25) is 0 Å². The number of fused-ring (bicyclic) bond motifs is 2. The second-order valence-electron chi connectivity index (χ2n) is 8.19. The Balaban J connectivity index is 3.23. The van der Waals surface area contributed by atoms with E-state index in [0.29, 0.717) is 0 Å². The first kappa shape index (κ1) is 26.2. The van der Waals surface area contributed by atoms with Crippen LogP contribution in [0.3, 0.4) is 0 Å². The maximum Gasteiger partial charge on any atom is 0.0619 e. The van der Waals surface area contributed by atoms with Crippen LogP contribution in [0.15, 0.2) is 81.5 Å². The molecule has 180 valence electrons. The highest BCUT2D eigenvalue weighted by Crippen LogP contribution is 2.30. The Hall–Kier alpha value is -4.36. The monoisotopic (exact) mass is 469 g/mol. The lowest BCUT2D eigenvalue weighted by atomic mass is 9.96. The topological polar surface area (TPSA) is 4.41 Å². The largest absolute Gasteiger partial charge is 0.308 e. The molecule has 0 aliphatic rings. The molecule has 0 saturated carbocycles. The van der Waals surface area contributed by atoms with Gasteiger partial charge in [0.05, 0.1) is 11.2 Å². The van der Waals surface area contributed by atoms with Crippen LogP contribution in [-0.2, 0) is 0 Å². The van der Waals surface area contributed by atoms with E-state index in [-0.39, 0.29) is 0 Å². The first-order valence-corrected chi connectivity index (χ1v) is 12.2. The summed E-state index contributed by atoms with van der Waals surface area (Å²) in [6, 6.07) is 8.43. The van der Waals surface area contributed by atoms with Crippen molar-refractivity contribution in [3.8, 4) is 0 Å². The Kier molecular flexibility index (Phi) is 8.65. The maximum atomic E-state index is 4.28. The second kappa shape index (κ2) is 11.9. The Morgan fingerprint density at radius 2 is 1.19 bits per heavy atom. The van der Waals surface area contributed by atoms with Gasteiger partial charge in [-0.25, -0.2) is 0 Å². The Morgan fingerprint density at radius 3 is 1.69 bits per heavy atom. The summed E-state index contributed by atoms with van der Waals surface area (Å²) in [5.41, 5.74) is 6.17. The highest BCUT2D eigenvalue weighted by atomic mass is 14.9. The molecule has 2 heterocycles. The zero-order chi connectivity index (χ0) is 26.2. The first-order chi connectivity index (χ1) is 17.6. The molecule has 0 saturated heterocycles. The molecule has 0 amide bonds. The lowest BCUT2D eigenvalue weighted by molar-refractivity contribution is 1.11. The van der Waals surface area contributed by atoms with E-state index in [9.17, 15) is 0 Å². The van der Waals surface area contributed by atoms with Crippen LogP contribution in [0.4, 0.5) is 0 Å². The third kappa shape index (κ3) is 4.36. The standard InChI is InChI=1S/C35H35N/c1-9-19-28-25(13-5)29-23-17-18-24-30(29)26(14-6)34(22-12-4)36-33(16-8)31(20-10-2)32(21-11-3)35(36)27(28)15-7/h9-24H,2-3,5-7H2,1,4,8H3/b19-9-,22-12-,28-25?,31-20-,32-21-,33-16+,34-26?,35-27?. The van der Waals surface area contributed by atoms with Gasteiger partial charge >= 0.3 is 0 Å². The van der Waals surface area contributed by atoms with E-state index in [1.807, 2.05) is 44.2 Å². The molecule has 1 heteroatoms. The van der Waals surface area contributed by atoms with Crippen molar-refractivity contribution in [1.29, 1.82) is 0 Å². The number of rotatable bonds is 7. The summed E-state index contributed by atoms with van der Waals surface area (Å²) >= 11 is 0. The minimum Gasteiger partial charge on any atom is -0.308 e. The van der Waals surface area contributed by atoms with Gasteiger partial charge in [0.2, 0.25) is 0 Å². The molecule has 0 spiro atoms. The van der Waals surface area contributed by atoms with Crippen LogP contribution in [0.5, 0.6) is 0 Å². The van der Waals surface area contributed by atoms with E-state index in [4.69, 9.17) is 0 Å². The third-order valence-corrected chi connectivity index (χ3v) is 6.26. The van der Waals surface area contributed by atoms with Gasteiger partial charge in [0.25, 0.3) is 0 Å². The number of hydrogen-bond acceptors (Lipinski definition) is 0. The van der Waals surface area contributed by atoms with Crippen molar-refractivity contribution < 1.29 is 0 Å². The molecule has 1 nitrogen and oxygen atoms in total. The van der Waals surface area contributed by atoms with E-state index in [2.05, 4.69) is 111 Å². The van der Waals surface area contributed by atoms with Crippen molar-refractivity contribution in [2.24, 2.45) is 0 Å². The molecule has 0 unspecified atom stereocenters. The highest BCUT2D eigenvalue weighted by Gasteiger charge is 2.15. The van der Waals surface area contributed by atoms with Gasteiger partial charge in [0, 0.05) is 26.9 Å². The fourth-order valence-electron chi connectivity index (χ4n) is 4.95.